The number of nitrogens with zero attached hydrogens (tertiary/aromatic N) is 1. The van der Waals surface area contributed by atoms with Crippen LogP contribution < -0.4 is 10.1 Å². The van der Waals surface area contributed by atoms with Crippen molar-refractivity contribution in [1.82, 2.24) is 10.2 Å². The minimum Gasteiger partial charge on any atom is -0.496 e. The number of piperidine rings is 1. The SMILES string of the molecule is COc1ccccc1C1CCCN1CC1CCNCC1. The Morgan fingerprint density at radius 2 is 2.00 bits per heavy atom. The predicted molar refractivity (Wildman–Crippen MR) is 82.1 cm³/mol. The largest absolute Gasteiger partial charge is 0.496 e. The lowest BCUT2D eigenvalue weighted by atomic mass is 9.96. The van der Waals surface area contributed by atoms with Crippen molar-refractivity contribution in [2.24, 2.45) is 5.92 Å². The molecule has 2 saturated heterocycles. The van der Waals surface area contributed by atoms with E-state index < -0.39 is 0 Å². The number of hydrogen-bond acceptors (Lipinski definition) is 3. The van der Waals surface area contributed by atoms with E-state index in [4.69, 9.17) is 4.74 Å². The Kier molecular flexibility index (Phi) is 4.58. The van der Waals surface area contributed by atoms with Gasteiger partial charge in [-0.3, -0.25) is 4.90 Å². The van der Waals surface area contributed by atoms with Crippen LogP contribution in [0.3, 0.4) is 0 Å². The Bertz CT molecular complexity index is 429. The van der Waals surface area contributed by atoms with Crippen LogP contribution in [0.4, 0.5) is 0 Å². The van der Waals surface area contributed by atoms with Gasteiger partial charge in [0.15, 0.2) is 0 Å². The molecule has 2 heterocycles. The summed E-state index contributed by atoms with van der Waals surface area (Å²) in [6.45, 7) is 4.88. The fourth-order valence-electron chi connectivity index (χ4n) is 3.73. The third kappa shape index (κ3) is 2.99. The summed E-state index contributed by atoms with van der Waals surface area (Å²) in [4.78, 5) is 2.69. The maximum absolute atomic E-state index is 5.56. The first-order valence-electron chi connectivity index (χ1n) is 7.96. The standard InChI is InChI=1S/C17H26N2O/c1-20-17-7-3-2-5-15(17)16-6-4-12-19(16)13-14-8-10-18-11-9-14/h2-3,5,7,14,16,18H,4,6,8-13H2,1H3. The zero-order valence-corrected chi connectivity index (χ0v) is 12.5. The van der Waals surface area contributed by atoms with Crippen molar-refractivity contribution in [2.45, 2.75) is 31.7 Å². The highest BCUT2D eigenvalue weighted by atomic mass is 16.5. The minimum absolute atomic E-state index is 0.557. The second kappa shape index (κ2) is 6.59. The summed E-state index contributed by atoms with van der Waals surface area (Å²) in [6.07, 6.45) is 5.24. The van der Waals surface area contributed by atoms with E-state index >= 15 is 0 Å². The third-order valence-electron chi connectivity index (χ3n) is 4.81. The van der Waals surface area contributed by atoms with Gasteiger partial charge in [-0.05, 0) is 57.3 Å². The van der Waals surface area contributed by atoms with Gasteiger partial charge in [0.05, 0.1) is 7.11 Å². The molecule has 0 spiro atoms. The molecule has 1 aromatic carbocycles. The van der Waals surface area contributed by atoms with E-state index in [1.807, 2.05) is 0 Å². The third-order valence-corrected chi connectivity index (χ3v) is 4.81. The van der Waals surface area contributed by atoms with Crippen LogP contribution in [0.1, 0.15) is 37.3 Å². The molecular weight excluding hydrogens is 248 g/mol. The summed E-state index contributed by atoms with van der Waals surface area (Å²) in [5.74, 6) is 1.92. The van der Waals surface area contributed by atoms with Crippen LogP contribution in [0.15, 0.2) is 24.3 Å². The molecule has 2 aliphatic rings. The summed E-state index contributed by atoms with van der Waals surface area (Å²) < 4.78 is 5.56. The summed E-state index contributed by atoms with van der Waals surface area (Å²) >= 11 is 0. The molecule has 1 atom stereocenters. The fraction of sp³-hybridized carbons (Fsp3) is 0.647. The Balaban J connectivity index is 1.71. The van der Waals surface area contributed by atoms with E-state index in [0.717, 1.165) is 11.7 Å². The number of benzene rings is 1. The molecule has 0 bridgehead atoms. The molecule has 0 aromatic heterocycles. The van der Waals surface area contributed by atoms with Gasteiger partial charge >= 0.3 is 0 Å². The fourth-order valence-corrected chi connectivity index (χ4v) is 3.73. The minimum atomic E-state index is 0.557. The number of hydrogen-bond donors (Lipinski definition) is 1. The zero-order valence-electron chi connectivity index (χ0n) is 12.5. The average molecular weight is 274 g/mol. The van der Waals surface area contributed by atoms with Crippen molar-refractivity contribution < 1.29 is 4.74 Å². The van der Waals surface area contributed by atoms with Gasteiger partial charge in [-0.2, -0.15) is 0 Å². The summed E-state index contributed by atoms with van der Waals surface area (Å²) in [6, 6.07) is 9.09. The maximum atomic E-state index is 5.56. The van der Waals surface area contributed by atoms with E-state index in [9.17, 15) is 0 Å². The average Bonchev–Trinajstić information content (AvgIpc) is 2.96. The van der Waals surface area contributed by atoms with E-state index in [1.54, 1.807) is 7.11 Å². The molecule has 1 unspecified atom stereocenters. The zero-order chi connectivity index (χ0) is 13.8. The molecule has 2 aliphatic heterocycles. The molecule has 0 radical (unpaired) electrons. The van der Waals surface area contributed by atoms with Crippen LogP contribution in [0, 0.1) is 5.92 Å². The Morgan fingerprint density at radius 3 is 2.80 bits per heavy atom. The van der Waals surface area contributed by atoms with Crippen molar-refractivity contribution in [3.8, 4) is 5.75 Å². The summed E-state index contributed by atoms with van der Waals surface area (Å²) in [5, 5.41) is 3.46. The molecule has 2 fully saturated rings. The molecule has 0 amide bonds. The van der Waals surface area contributed by atoms with Gasteiger partial charge in [-0.25, -0.2) is 0 Å². The summed E-state index contributed by atoms with van der Waals surface area (Å²) in [7, 11) is 1.78. The first kappa shape index (κ1) is 13.9. The van der Waals surface area contributed by atoms with Crippen LogP contribution in [0.2, 0.25) is 0 Å². The van der Waals surface area contributed by atoms with E-state index in [0.29, 0.717) is 6.04 Å². The van der Waals surface area contributed by atoms with Crippen molar-refractivity contribution in [3.63, 3.8) is 0 Å². The molecule has 0 saturated carbocycles. The monoisotopic (exact) mass is 274 g/mol. The lowest BCUT2D eigenvalue weighted by molar-refractivity contribution is 0.190. The molecule has 1 N–H and O–H groups in total. The smallest absolute Gasteiger partial charge is 0.123 e. The van der Waals surface area contributed by atoms with Crippen LogP contribution in [-0.2, 0) is 0 Å². The molecule has 3 rings (SSSR count). The topological polar surface area (TPSA) is 24.5 Å². The highest BCUT2D eigenvalue weighted by Gasteiger charge is 2.30. The molecule has 20 heavy (non-hydrogen) atoms. The maximum Gasteiger partial charge on any atom is 0.123 e. The van der Waals surface area contributed by atoms with Gasteiger partial charge in [0.25, 0.3) is 0 Å². The molecule has 1 aromatic rings. The number of ether oxygens (including phenoxy) is 1. The summed E-state index contributed by atoms with van der Waals surface area (Å²) in [5.41, 5.74) is 1.38. The lowest BCUT2D eigenvalue weighted by Gasteiger charge is -2.32. The van der Waals surface area contributed by atoms with Crippen LogP contribution >= 0.6 is 0 Å². The van der Waals surface area contributed by atoms with Gasteiger partial charge in [-0.1, -0.05) is 18.2 Å². The first-order valence-corrected chi connectivity index (χ1v) is 7.96. The van der Waals surface area contributed by atoms with Gasteiger partial charge < -0.3 is 10.1 Å². The van der Waals surface area contributed by atoms with Gasteiger partial charge in [-0.15, -0.1) is 0 Å². The van der Waals surface area contributed by atoms with E-state index in [1.165, 1.54) is 57.4 Å². The second-order valence-corrected chi connectivity index (χ2v) is 6.09. The number of methoxy groups -OCH3 is 1. The van der Waals surface area contributed by atoms with Crippen LogP contribution in [0.5, 0.6) is 5.75 Å². The highest BCUT2D eigenvalue weighted by molar-refractivity contribution is 5.36. The quantitative estimate of drug-likeness (QED) is 0.913. The molecule has 3 heteroatoms. The van der Waals surface area contributed by atoms with E-state index in [-0.39, 0.29) is 0 Å². The lowest BCUT2D eigenvalue weighted by Crippen LogP contribution is -2.36. The number of para-hydroxylation sites is 1. The molecular formula is C17H26N2O. The number of rotatable bonds is 4. The second-order valence-electron chi connectivity index (χ2n) is 6.09. The van der Waals surface area contributed by atoms with Crippen molar-refractivity contribution in [2.75, 3.05) is 33.3 Å². The van der Waals surface area contributed by atoms with Gasteiger partial charge in [0, 0.05) is 18.2 Å². The molecule has 110 valence electrons. The Labute approximate surface area is 122 Å². The van der Waals surface area contributed by atoms with Crippen LogP contribution in [-0.4, -0.2) is 38.2 Å². The molecule has 3 nitrogen and oxygen atoms in total. The first-order chi connectivity index (χ1) is 9.88. The van der Waals surface area contributed by atoms with Gasteiger partial charge in [0.2, 0.25) is 0 Å². The van der Waals surface area contributed by atoms with Crippen molar-refractivity contribution >= 4 is 0 Å². The predicted octanol–water partition coefficient (Wildman–Crippen LogP) is 2.83. The molecule has 0 aliphatic carbocycles. The van der Waals surface area contributed by atoms with Crippen molar-refractivity contribution in [1.29, 1.82) is 0 Å². The Hall–Kier alpha value is -1.06. The normalized spacial score (nSPS) is 24.9. The Morgan fingerprint density at radius 1 is 1.20 bits per heavy atom. The van der Waals surface area contributed by atoms with Crippen LogP contribution in [0.25, 0.3) is 0 Å². The number of likely N-dealkylation sites (tertiary alicyclic amines) is 1. The number of nitrogens with one attached hydrogen (secondary N) is 1. The highest BCUT2D eigenvalue weighted by Crippen LogP contribution is 2.37. The van der Waals surface area contributed by atoms with E-state index in [2.05, 4.69) is 34.5 Å². The van der Waals surface area contributed by atoms with Crippen molar-refractivity contribution in [3.05, 3.63) is 29.8 Å². The van der Waals surface area contributed by atoms with Gasteiger partial charge in [0.1, 0.15) is 5.75 Å².